The first-order valence-corrected chi connectivity index (χ1v) is 7.77. The molecule has 0 N–H and O–H groups in total. The van der Waals surface area contributed by atoms with E-state index in [1.165, 1.54) is 19.1 Å². The average molecular weight is 339 g/mol. The number of ether oxygens (including phenoxy) is 2. The molecule has 0 unspecified atom stereocenters. The quantitative estimate of drug-likeness (QED) is 0.328. The van der Waals surface area contributed by atoms with Crippen LogP contribution in [0.3, 0.4) is 0 Å². The third-order valence-electron chi connectivity index (χ3n) is 3.41. The van der Waals surface area contributed by atoms with Crippen LogP contribution in [0, 0.1) is 17.2 Å². The molecule has 0 aromatic heterocycles. The zero-order valence-corrected chi connectivity index (χ0v) is 13.7. The van der Waals surface area contributed by atoms with Gasteiger partial charge >= 0.3 is 5.97 Å². The number of ketones is 2. The van der Waals surface area contributed by atoms with Gasteiger partial charge in [0, 0.05) is 12.5 Å². The first kappa shape index (κ1) is 18.1. The Morgan fingerprint density at radius 3 is 2.92 bits per heavy atom. The Balaban J connectivity index is 2.01. The number of carbonyl (C=O) groups is 3. The number of nitriles is 1. The molecule has 0 radical (unpaired) electrons. The summed E-state index contributed by atoms with van der Waals surface area (Å²) in [6.45, 7) is 1.90. The molecule has 0 spiro atoms. The fourth-order valence-electron chi connectivity index (χ4n) is 2.23. The van der Waals surface area contributed by atoms with E-state index in [1.807, 2.05) is 6.07 Å². The maximum atomic E-state index is 12.1. The molecule has 0 saturated heterocycles. The highest BCUT2D eigenvalue weighted by Crippen LogP contribution is 2.18. The van der Waals surface area contributed by atoms with Gasteiger partial charge in [-0.3, -0.25) is 14.4 Å². The van der Waals surface area contributed by atoms with Gasteiger partial charge in [0.05, 0.1) is 12.7 Å². The van der Waals surface area contributed by atoms with Crippen molar-refractivity contribution in [3.63, 3.8) is 0 Å². The number of allylic oxidation sites excluding steroid dienone is 3. The van der Waals surface area contributed by atoms with Gasteiger partial charge in [-0.1, -0.05) is 18.2 Å². The Bertz CT molecular complexity index is 785. The van der Waals surface area contributed by atoms with Crippen molar-refractivity contribution in [2.45, 2.75) is 19.8 Å². The van der Waals surface area contributed by atoms with Gasteiger partial charge in [-0.2, -0.15) is 5.26 Å². The van der Waals surface area contributed by atoms with Gasteiger partial charge in [-0.25, -0.2) is 0 Å². The standard InChI is InChI=1S/C19H17NO5/c1-13-11-17(22)18(19(23)25-13)16(21)8-7-14-5-4-6-15(12-14)24-10-3-2-9-20/h4-8,11-12,18H,2-3,10H2,1H3/b8-7+/t18-/m0/s1. The number of hydrogen-bond donors (Lipinski definition) is 0. The molecule has 0 fully saturated rings. The van der Waals surface area contributed by atoms with Crippen molar-refractivity contribution in [3.8, 4) is 11.8 Å². The predicted octanol–water partition coefficient (Wildman–Crippen LogP) is 2.60. The van der Waals surface area contributed by atoms with E-state index >= 15 is 0 Å². The lowest BCUT2D eigenvalue weighted by Crippen LogP contribution is -2.34. The van der Waals surface area contributed by atoms with Crippen LogP contribution in [0.4, 0.5) is 0 Å². The Hall–Kier alpha value is -3.20. The molecule has 1 atom stereocenters. The van der Waals surface area contributed by atoms with E-state index in [2.05, 4.69) is 0 Å². The van der Waals surface area contributed by atoms with Crippen LogP contribution in [0.5, 0.6) is 5.75 Å². The molecule has 0 bridgehead atoms. The van der Waals surface area contributed by atoms with E-state index in [1.54, 1.807) is 24.3 Å². The van der Waals surface area contributed by atoms with Crippen molar-refractivity contribution in [2.24, 2.45) is 5.92 Å². The number of unbranched alkanes of at least 4 members (excludes halogenated alkanes) is 1. The summed E-state index contributed by atoms with van der Waals surface area (Å²) in [6, 6.07) is 9.05. The van der Waals surface area contributed by atoms with Crippen LogP contribution in [0.15, 0.2) is 42.2 Å². The lowest BCUT2D eigenvalue weighted by molar-refractivity contribution is -0.151. The number of carbonyl (C=O) groups excluding carboxylic acids is 3. The van der Waals surface area contributed by atoms with Gasteiger partial charge in [-0.05, 0) is 37.1 Å². The molecule has 0 amide bonds. The summed E-state index contributed by atoms with van der Waals surface area (Å²) in [5.41, 5.74) is 0.689. The Kier molecular flexibility index (Phi) is 6.24. The van der Waals surface area contributed by atoms with Crippen molar-refractivity contribution in [3.05, 3.63) is 47.7 Å². The van der Waals surface area contributed by atoms with Crippen molar-refractivity contribution in [2.75, 3.05) is 6.61 Å². The fourth-order valence-corrected chi connectivity index (χ4v) is 2.23. The molecule has 6 heteroatoms. The molecule has 6 nitrogen and oxygen atoms in total. The van der Waals surface area contributed by atoms with E-state index in [4.69, 9.17) is 14.7 Å². The highest BCUT2D eigenvalue weighted by Gasteiger charge is 2.36. The van der Waals surface area contributed by atoms with Gasteiger partial charge < -0.3 is 9.47 Å². The molecule has 1 aliphatic rings. The SMILES string of the molecule is CC1=CC(=O)[C@H](C(=O)/C=C/c2cccc(OCCCC#N)c2)C(=O)O1. The van der Waals surface area contributed by atoms with E-state index in [0.717, 1.165) is 6.08 Å². The number of nitrogens with zero attached hydrogens (tertiary/aromatic N) is 1. The molecule has 1 aromatic rings. The van der Waals surface area contributed by atoms with E-state index < -0.39 is 23.5 Å². The molecular formula is C19H17NO5. The van der Waals surface area contributed by atoms with Gasteiger partial charge in [0.15, 0.2) is 17.5 Å². The van der Waals surface area contributed by atoms with Crippen molar-refractivity contribution < 1.29 is 23.9 Å². The summed E-state index contributed by atoms with van der Waals surface area (Å²) >= 11 is 0. The van der Waals surface area contributed by atoms with E-state index in [0.29, 0.717) is 30.8 Å². The van der Waals surface area contributed by atoms with E-state index in [9.17, 15) is 14.4 Å². The molecule has 128 valence electrons. The number of benzene rings is 1. The summed E-state index contributed by atoms with van der Waals surface area (Å²) in [5.74, 6) is -2.69. The second-order valence-corrected chi connectivity index (χ2v) is 5.43. The molecule has 0 saturated carbocycles. The van der Waals surface area contributed by atoms with Crippen LogP contribution < -0.4 is 4.74 Å². The molecule has 1 aromatic carbocycles. The minimum atomic E-state index is -1.44. The smallest absolute Gasteiger partial charge is 0.329 e. The third-order valence-corrected chi connectivity index (χ3v) is 3.41. The van der Waals surface area contributed by atoms with Crippen LogP contribution in [0.1, 0.15) is 25.3 Å². The highest BCUT2D eigenvalue weighted by molar-refractivity contribution is 6.25. The number of rotatable bonds is 7. The topological polar surface area (TPSA) is 93.5 Å². The maximum absolute atomic E-state index is 12.1. The first-order chi connectivity index (χ1) is 12.0. The highest BCUT2D eigenvalue weighted by atomic mass is 16.5. The van der Waals surface area contributed by atoms with Crippen molar-refractivity contribution >= 4 is 23.6 Å². The zero-order chi connectivity index (χ0) is 18.2. The van der Waals surface area contributed by atoms with Gasteiger partial charge in [0.1, 0.15) is 11.5 Å². The van der Waals surface area contributed by atoms with Crippen LogP contribution in [0.2, 0.25) is 0 Å². The number of hydrogen-bond acceptors (Lipinski definition) is 6. The Morgan fingerprint density at radius 2 is 2.20 bits per heavy atom. The normalized spacial score (nSPS) is 17.0. The predicted molar refractivity (Wildman–Crippen MR) is 89.2 cm³/mol. The summed E-state index contributed by atoms with van der Waals surface area (Å²) in [5, 5.41) is 8.48. The van der Waals surface area contributed by atoms with Crippen molar-refractivity contribution in [1.82, 2.24) is 0 Å². The van der Waals surface area contributed by atoms with Gasteiger partial charge in [0.25, 0.3) is 0 Å². The minimum Gasteiger partial charge on any atom is -0.494 e. The molecule has 2 rings (SSSR count). The molecule has 1 aliphatic heterocycles. The van der Waals surface area contributed by atoms with Crippen molar-refractivity contribution in [1.29, 1.82) is 5.26 Å². The van der Waals surface area contributed by atoms with Crippen LogP contribution >= 0.6 is 0 Å². The number of esters is 1. The third kappa shape index (κ3) is 5.15. The summed E-state index contributed by atoms with van der Waals surface area (Å²) < 4.78 is 10.3. The average Bonchev–Trinajstić information content (AvgIpc) is 2.56. The largest absolute Gasteiger partial charge is 0.494 e. The van der Waals surface area contributed by atoms with Crippen LogP contribution in [-0.4, -0.2) is 24.1 Å². The Labute approximate surface area is 145 Å². The molecule has 0 aliphatic carbocycles. The van der Waals surface area contributed by atoms with Gasteiger partial charge in [0.2, 0.25) is 0 Å². The molecule has 1 heterocycles. The second kappa shape index (κ2) is 8.60. The first-order valence-electron chi connectivity index (χ1n) is 7.77. The molecule has 25 heavy (non-hydrogen) atoms. The minimum absolute atomic E-state index is 0.185. The Morgan fingerprint density at radius 1 is 1.40 bits per heavy atom. The van der Waals surface area contributed by atoms with Gasteiger partial charge in [-0.15, -0.1) is 0 Å². The molecular weight excluding hydrogens is 322 g/mol. The lowest BCUT2D eigenvalue weighted by atomic mass is 9.96. The second-order valence-electron chi connectivity index (χ2n) is 5.43. The fraction of sp³-hybridized carbons (Fsp3) is 0.263. The summed E-state index contributed by atoms with van der Waals surface area (Å²) in [6.07, 6.45) is 4.90. The van der Waals surface area contributed by atoms with E-state index in [-0.39, 0.29) is 5.76 Å². The number of cyclic esters (lactones) is 1. The monoisotopic (exact) mass is 339 g/mol. The van der Waals surface area contributed by atoms with Crippen LogP contribution in [0.25, 0.3) is 6.08 Å². The zero-order valence-electron chi connectivity index (χ0n) is 13.7. The summed E-state index contributed by atoms with van der Waals surface area (Å²) in [7, 11) is 0. The lowest BCUT2D eigenvalue weighted by Gasteiger charge is -2.15. The maximum Gasteiger partial charge on any atom is 0.329 e. The van der Waals surface area contributed by atoms with Crippen LogP contribution in [-0.2, 0) is 19.1 Å². The summed E-state index contributed by atoms with van der Waals surface area (Å²) in [4.78, 5) is 35.7.